The van der Waals surface area contributed by atoms with E-state index >= 15 is 0 Å². The molecule has 5 nitrogen and oxygen atoms in total. The topological polar surface area (TPSA) is 45.0 Å². The molecule has 0 bridgehead atoms. The average molecular weight is 581 g/mol. The minimum absolute atomic E-state index is 0.0766. The third-order valence-corrected chi connectivity index (χ3v) is 11.8. The van der Waals surface area contributed by atoms with E-state index in [0.717, 1.165) is 4.88 Å². The number of hydrogen-bond acceptors (Lipinski definition) is 7. The van der Waals surface area contributed by atoms with Crippen molar-refractivity contribution in [2.45, 2.75) is 19.4 Å². The molecule has 4 aromatic heterocycles. The van der Waals surface area contributed by atoms with E-state index in [0.29, 0.717) is 5.57 Å². The number of fused-ring (bicyclic) bond motifs is 5. The molecule has 0 aliphatic carbocycles. The second-order valence-electron chi connectivity index (χ2n) is 9.67. The highest BCUT2D eigenvalue weighted by Crippen LogP contribution is 2.51. The summed E-state index contributed by atoms with van der Waals surface area (Å²) in [5.74, 6) is 0.0766. The molecule has 190 valence electrons. The van der Waals surface area contributed by atoms with E-state index in [1.165, 1.54) is 44.3 Å². The predicted molar refractivity (Wildman–Crippen MR) is 167 cm³/mol. The highest BCUT2D eigenvalue weighted by molar-refractivity contribution is 7.45. The molecule has 1 aromatic carbocycles. The first-order valence-electron chi connectivity index (χ1n) is 11.9. The summed E-state index contributed by atoms with van der Waals surface area (Å²) in [5.41, 5.74) is 2.35. The van der Waals surface area contributed by atoms with Gasteiger partial charge in [-0.25, -0.2) is 15.0 Å². The number of benzene rings is 1. The number of thiophene rings is 4. The third kappa shape index (κ3) is 4.14. The molecule has 0 saturated carbocycles. The molecule has 1 aliphatic heterocycles. The Hall–Kier alpha value is -3.91. The fourth-order valence-corrected chi connectivity index (χ4v) is 10.2. The van der Waals surface area contributed by atoms with Gasteiger partial charge in [-0.05, 0) is 49.8 Å². The maximum atomic E-state index is 9.30. The summed E-state index contributed by atoms with van der Waals surface area (Å²) >= 11 is 7.30. The van der Waals surface area contributed by atoms with Crippen molar-refractivity contribution in [1.82, 2.24) is 0 Å². The van der Waals surface area contributed by atoms with Crippen LogP contribution in [0.2, 0.25) is 0 Å². The zero-order valence-corrected chi connectivity index (χ0v) is 24.7. The normalized spacial score (nSPS) is 16.1. The van der Waals surface area contributed by atoms with E-state index < -0.39 is 5.60 Å². The third-order valence-electron chi connectivity index (χ3n) is 6.56. The molecular weight excluding hydrogens is 561 g/mol. The molecule has 0 unspecified atom stereocenters. The molecule has 0 atom stereocenters. The lowest BCUT2D eigenvalue weighted by molar-refractivity contribution is 0.0952. The van der Waals surface area contributed by atoms with Crippen molar-refractivity contribution in [2.24, 2.45) is 0 Å². The first-order chi connectivity index (χ1) is 18.7. The summed E-state index contributed by atoms with van der Waals surface area (Å²) in [6.45, 7) is 18.6. The van der Waals surface area contributed by atoms with Crippen LogP contribution in [0.4, 0.5) is 5.69 Å². The minimum Gasteiger partial charge on any atom is -0.505 e. The lowest BCUT2D eigenvalue weighted by Crippen LogP contribution is -2.20. The molecule has 0 N–H and O–H groups in total. The highest BCUT2D eigenvalue weighted by Gasteiger charge is 2.38. The van der Waals surface area contributed by atoms with E-state index in [2.05, 4.69) is 65.1 Å². The molecule has 5 heterocycles. The number of nitrogens with zero attached hydrogens (tertiary/aromatic N) is 4. The Kier molecular flexibility index (Phi) is 6.10. The van der Waals surface area contributed by atoms with E-state index in [9.17, 15) is 5.26 Å². The van der Waals surface area contributed by atoms with Crippen LogP contribution in [0.25, 0.3) is 54.4 Å². The smallest absolute Gasteiger partial charge is 0.292 e. The van der Waals surface area contributed by atoms with Crippen molar-refractivity contribution in [2.75, 3.05) is 19.0 Å². The van der Waals surface area contributed by atoms with Gasteiger partial charge in [0.25, 0.3) is 5.70 Å². The number of anilines is 1. The van der Waals surface area contributed by atoms with Crippen LogP contribution in [0, 0.1) is 24.5 Å². The number of ether oxygens (including phenoxy) is 1. The molecule has 0 spiro atoms. The van der Waals surface area contributed by atoms with Crippen molar-refractivity contribution in [3.8, 4) is 16.5 Å². The molecule has 0 radical (unpaired) electrons. The zero-order valence-electron chi connectivity index (χ0n) is 21.4. The summed E-state index contributed by atoms with van der Waals surface area (Å²) < 4.78 is 13.8. The monoisotopic (exact) mass is 580 g/mol. The molecule has 0 amide bonds. The Bertz CT molecular complexity index is 2000. The van der Waals surface area contributed by atoms with Gasteiger partial charge in [0.2, 0.25) is 5.70 Å². The average Bonchev–Trinajstić information content (AvgIpc) is 3.68. The summed E-state index contributed by atoms with van der Waals surface area (Å²) in [6, 6.07) is 15.1. The SMILES string of the molecule is [C-]#[N+]C1=C(/C=C/c2cc3sc4c5sc(-c6ccc(N(C)C)cc6)cc5sc4c3s2)C(C)(C)O/C1=C(\C#N)[N+]#[C-]. The van der Waals surface area contributed by atoms with Crippen LogP contribution in [-0.4, -0.2) is 19.7 Å². The first kappa shape index (κ1) is 25.4. The quantitative estimate of drug-likeness (QED) is 0.157. The Labute approximate surface area is 242 Å². The number of nitriles is 1. The number of rotatable bonds is 4. The molecule has 1 aliphatic rings. The second-order valence-corrected chi connectivity index (χ2v) is 13.9. The maximum absolute atomic E-state index is 9.30. The van der Waals surface area contributed by atoms with Crippen molar-refractivity contribution >= 4 is 85.3 Å². The van der Waals surface area contributed by atoms with Gasteiger partial charge in [0.1, 0.15) is 11.4 Å². The Morgan fingerprint density at radius 3 is 2.23 bits per heavy atom. The minimum atomic E-state index is -0.803. The van der Waals surface area contributed by atoms with Gasteiger partial charge < -0.3 is 9.64 Å². The Morgan fingerprint density at radius 1 is 0.949 bits per heavy atom. The fourth-order valence-electron chi connectivity index (χ4n) is 4.60. The molecule has 5 aromatic rings. The van der Waals surface area contributed by atoms with Crippen LogP contribution in [-0.2, 0) is 4.74 Å². The van der Waals surface area contributed by atoms with Gasteiger partial charge in [0.05, 0.1) is 38.0 Å². The summed E-state index contributed by atoms with van der Waals surface area (Å²) in [6.07, 6.45) is 3.90. The van der Waals surface area contributed by atoms with Crippen LogP contribution in [0.15, 0.2) is 65.2 Å². The van der Waals surface area contributed by atoms with E-state index in [-0.39, 0.29) is 17.2 Å². The highest BCUT2D eigenvalue weighted by atomic mass is 32.1. The Balaban J connectivity index is 1.35. The van der Waals surface area contributed by atoms with Gasteiger partial charge >= 0.3 is 0 Å². The standard InChI is InChI=1S/C30H20N4OS4/c1-30(2)19(24(33-4)25(35-30)20(15-31)32-3)12-11-18-13-22-26(36-18)28-29(38-22)27-23(39-28)14-21(37-27)16-7-9-17(10-8-16)34(5)6/h7-14H,1-2,5-6H3/b12-11+,25-20+. The second kappa shape index (κ2) is 9.38. The van der Waals surface area contributed by atoms with Crippen molar-refractivity contribution in [1.29, 1.82) is 5.26 Å². The lowest BCUT2D eigenvalue weighted by Gasteiger charge is -2.21. The summed E-state index contributed by atoms with van der Waals surface area (Å²) in [4.78, 5) is 11.4. The molecule has 39 heavy (non-hydrogen) atoms. The van der Waals surface area contributed by atoms with E-state index in [1.807, 2.05) is 66.1 Å². The first-order valence-corrected chi connectivity index (χ1v) is 15.2. The molecular formula is C30H20N4OS4. The zero-order chi connectivity index (χ0) is 27.5. The van der Waals surface area contributed by atoms with E-state index in [1.54, 1.807) is 11.3 Å². The maximum Gasteiger partial charge on any atom is 0.292 e. The van der Waals surface area contributed by atoms with Gasteiger partial charge in [0, 0.05) is 44.5 Å². The summed E-state index contributed by atoms with van der Waals surface area (Å²) in [7, 11) is 4.11. The Morgan fingerprint density at radius 2 is 1.62 bits per heavy atom. The van der Waals surface area contributed by atoms with Crippen LogP contribution in [0.5, 0.6) is 0 Å². The largest absolute Gasteiger partial charge is 0.505 e. The predicted octanol–water partition coefficient (Wildman–Crippen LogP) is 9.78. The van der Waals surface area contributed by atoms with Crippen molar-refractivity contribution < 1.29 is 4.74 Å². The number of hydrogen-bond donors (Lipinski definition) is 0. The number of allylic oxidation sites excluding steroid dienone is 1. The summed E-state index contributed by atoms with van der Waals surface area (Å²) in [5, 5.41) is 9.30. The fraction of sp³-hybridized carbons (Fsp3) is 0.167. The van der Waals surface area contributed by atoms with Crippen LogP contribution >= 0.6 is 45.3 Å². The van der Waals surface area contributed by atoms with Crippen LogP contribution < -0.4 is 4.90 Å². The molecule has 9 heteroatoms. The van der Waals surface area contributed by atoms with Gasteiger partial charge in [-0.3, -0.25) is 0 Å². The molecule has 6 rings (SSSR count). The van der Waals surface area contributed by atoms with Crippen LogP contribution in [0.1, 0.15) is 18.7 Å². The van der Waals surface area contributed by atoms with E-state index in [4.69, 9.17) is 17.9 Å². The van der Waals surface area contributed by atoms with Crippen molar-refractivity contribution in [3.05, 3.63) is 92.9 Å². The molecule has 0 fully saturated rings. The van der Waals surface area contributed by atoms with Gasteiger partial charge in [0.15, 0.2) is 0 Å². The molecule has 0 saturated heterocycles. The van der Waals surface area contributed by atoms with Gasteiger partial charge in [-0.15, -0.1) is 45.3 Å². The van der Waals surface area contributed by atoms with Gasteiger partial charge in [-0.1, -0.05) is 18.2 Å². The van der Waals surface area contributed by atoms with Gasteiger partial charge in [-0.2, -0.15) is 0 Å². The lowest BCUT2D eigenvalue weighted by atomic mass is 9.97. The van der Waals surface area contributed by atoms with Crippen LogP contribution in [0.3, 0.4) is 0 Å². The van der Waals surface area contributed by atoms with Crippen molar-refractivity contribution in [3.63, 3.8) is 0 Å².